The van der Waals surface area contributed by atoms with Crippen molar-refractivity contribution in [3.8, 4) is 0 Å². The van der Waals surface area contributed by atoms with Gasteiger partial charge in [-0.2, -0.15) is 0 Å². The van der Waals surface area contributed by atoms with Crippen molar-refractivity contribution in [3.63, 3.8) is 0 Å². The maximum Gasteiger partial charge on any atom is 0.0364 e. The molecule has 0 aromatic heterocycles. The topological polar surface area (TPSA) is 44.9 Å². The van der Waals surface area contributed by atoms with Crippen molar-refractivity contribution in [2.24, 2.45) is 10.8 Å². The lowest BCUT2D eigenvalue weighted by Gasteiger charge is -2.19. The SMILES string of the molecule is C/N=C/C=C\C=C\C=C\c1ccc(N(C)CCSSCCN(C)N)cc1. The number of aliphatic imine (C=N–C) groups is 1. The Morgan fingerprint density at radius 2 is 1.54 bits per heavy atom. The molecule has 0 radical (unpaired) electrons. The molecule has 0 aliphatic heterocycles. The van der Waals surface area contributed by atoms with E-state index in [9.17, 15) is 0 Å². The predicted octanol–water partition coefficient (Wildman–Crippen LogP) is 4.14. The van der Waals surface area contributed by atoms with Crippen molar-refractivity contribution in [1.29, 1.82) is 0 Å². The molecule has 0 spiro atoms. The van der Waals surface area contributed by atoms with Gasteiger partial charge in [-0.15, -0.1) is 0 Å². The van der Waals surface area contributed by atoms with Gasteiger partial charge < -0.3 is 4.90 Å². The number of hydrogen-bond donors (Lipinski definition) is 1. The Morgan fingerprint density at radius 1 is 0.923 bits per heavy atom. The van der Waals surface area contributed by atoms with E-state index in [1.807, 2.05) is 59.0 Å². The highest BCUT2D eigenvalue weighted by Gasteiger charge is 2.01. The van der Waals surface area contributed by atoms with Crippen LogP contribution in [-0.2, 0) is 0 Å². The van der Waals surface area contributed by atoms with E-state index in [-0.39, 0.29) is 0 Å². The summed E-state index contributed by atoms with van der Waals surface area (Å²) in [6, 6.07) is 8.63. The summed E-state index contributed by atoms with van der Waals surface area (Å²) in [5.41, 5.74) is 2.44. The molecule has 0 saturated heterocycles. The van der Waals surface area contributed by atoms with Gasteiger partial charge in [-0.05, 0) is 23.8 Å². The van der Waals surface area contributed by atoms with Crippen molar-refractivity contribution in [2.75, 3.05) is 50.6 Å². The van der Waals surface area contributed by atoms with Gasteiger partial charge in [-0.3, -0.25) is 10.8 Å². The summed E-state index contributed by atoms with van der Waals surface area (Å²) in [5.74, 6) is 7.74. The second-order valence-corrected chi connectivity index (χ2v) is 8.38. The van der Waals surface area contributed by atoms with Crippen molar-refractivity contribution >= 4 is 39.6 Å². The highest BCUT2D eigenvalue weighted by atomic mass is 33.1. The average Bonchev–Trinajstić information content (AvgIpc) is 2.64. The second kappa shape index (κ2) is 14.7. The average molecular weight is 391 g/mol. The molecule has 1 aromatic rings. The zero-order chi connectivity index (χ0) is 19.0. The summed E-state index contributed by atoms with van der Waals surface area (Å²) in [6.07, 6.45) is 13.8. The third-order valence-electron chi connectivity index (χ3n) is 3.42. The lowest BCUT2D eigenvalue weighted by atomic mass is 10.2. The van der Waals surface area contributed by atoms with Crippen molar-refractivity contribution < 1.29 is 0 Å². The van der Waals surface area contributed by atoms with Crippen LogP contribution in [-0.4, -0.2) is 57.0 Å². The van der Waals surface area contributed by atoms with E-state index in [1.54, 1.807) is 18.3 Å². The van der Waals surface area contributed by atoms with E-state index >= 15 is 0 Å². The van der Waals surface area contributed by atoms with E-state index < -0.39 is 0 Å². The van der Waals surface area contributed by atoms with Crippen LogP contribution in [0.2, 0.25) is 0 Å². The van der Waals surface area contributed by atoms with Crippen molar-refractivity contribution in [3.05, 3.63) is 60.2 Å². The Morgan fingerprint density at radius 3 is 2.19 bits per heavy atom. The van der Waals surface area contributed by atoms with Crippen molar-refractivity contribution in [2.45, 2.75) is 0 Å². The van der Waals surface area contributed by atoms with Crippen LogP contribution < -0.4 is 10.7 Å². The zero-order valence-electron chi connectivity index (χ0n) is 15.9. The highest BCUT2D eigenvalue weighted by molar-refractivity contribution is 8.76. The first-order chi connectivity index (χ1) is 12.6. The molecule has 0 atom stereocenters. The highest BCUT2D eigenvalue weighted by Crippen LogP contribution is 2.22. The summed E-state index contributed by atoms with van der Waals surface area (Å²) >= 11 is 0. The minimum absolute atomic E-state index is 0.918. The first kappa shape index (κ1) is 22.6. The van der Waals surface area contributed by atoms with E-state index in [4.69, 9.17) is 5.84 Å². The van der Waals surface area contributed by atoms with Gasteiger partial charge in [0.25, 0.3) is 0 Å². The quantitative estimate of drug-likeness (QED) is 0.145. The maximum atomic E-state index is 5.59. The Balaban J connectivity index is 2.32. The smallest absolute Gasteiger partial charge is 0.0364 e. The molecule has 26 heavy (non-hydrogen) atoms. The fourth-order valence-electron chi connectivity index (χ4n) is 1.94. The van der Waals surface area contributed by atoms with Crippen LogP contribution in [0.15, 0.2) is 59.6 Å². The summed E-state index contributed by atoms with van der Waals surface area (Å²) in [7, 11) is 9.57. The Bertz CT molecular complexity index is 592. The minimum atomic E-state index is 0.918. The Labute approximate surface area is 166 Å². The number of nitrogens with zero attached hydrogens (tertiary/aromatic N) is 3. The second-order valence-electron chi connectivity index (χ2n) is 5.67. The van der Waals surface area contributed by atoms with Gasteiger partial charge in [0, 0.05) is 57.6 Å². The van der Waals surface area contributed by atoms with Gasteiger partial charge in [-0.1, -0.05) is 64.1 Å². The summed E-state index contributed by atoms with van der Waals surface area (Å²) in [5, 5.41) is 1.73. The normalized spacial score (nSPS) is 12.5. The molecule has 0 bridgehead atoms. The number of nitrogens with two attached hydrogens (primary N) is 1. The molecule has 0 amide bonds. The van der Waals surface area contributed by atoms with Crippen LogP contribution in [0.1, 0.15) is 5.56 Å². The minimum Gasteiger partial charge on any atom is -0.374 e. The lowest BCUT2D eigenvalue weighted by molar-refractivity contribution is 0.373. The number of rotatable bonds is 12. The van der Waals surface area contributed by atoms with Crippen molar-refractivity contribution in [1.82, 2.24) is 5.01 Å². The Hall–Kier alpha value is -1.47. The summed E-state index contributed by atoms with van der Waals surface area (Å²) in [4.78, 5) is 6.17. The molecular weight excluding hydrogens is 360 g/mol. The molecule has 1 rings (SSSR count). The first-order valence-corrected chi connectivity index (χ1v) is 11.1. The van der Waals surface area contributed by atoms with E-state index in [0.717, 1.165) is 24.6 Å². The summed E-state index contributed by atoms with van der Waals surface area (Å²) < 4.78 is 0. The molecule has 0 aliphatic rings. The molecule has 4 nitrogen and oxygen atoms in total. The molecule has 0 unspecified atom stereocenters. The van der Waals surface area contributed by atoms with E-state index in [0.29, 0.717) is 0 Å². The lowest BCUT2D eigenvalue weighted by Crippen LogP contribution is -2.28. The predicted molar refractivity (Wildman–Crippen MR) is 123 cm³/mol. The van der Waals surface area contributed by atoms with Gasteiger partial charge in [0.2, 0.25) is 0 Å². The van der Waals surface area contributed by atoms with Gasteiger partial charge in [-0.25, -0.2) is 5.01 Å². The molecule has 0 fully saturated rings. The van der Waals surface area contributed by atoms with Gasteiger partial charge in [0.1, 0.15) is 0 Å². The van der Waals surface area contributed by atoms with Crippen LogP contribution >= 0.6 is 21.6 Å². The number of allylic oxidation sites excluding steroid dienone is 5. The van der Waals surface area contributed by atoms with Crippen LogP contribution in [0.4, 0.5) is 5.69 Å². The maximum absolute atomic E-state index is 5.59. The third kappa shape index (κ3) is 11.2. The molecule has 0 aliphatic carbocycles. The fourth-order valence-corrected chi connectivity index (χ4v) is 4.04. The van der Waals surface area contributed by atoms with Gasteiger partial charge in [0.05, 0.1) is 0 Å². The monoisotopic (exact) mass is 390 g/mol. The molecular formula is C20H30N4S2. The van der Waals surface area contributed by atoms with Crippen LogP contribution in [0.25, 0.3) is 6.08 Å². The van der Waals surface area contributed by atoms with Gasteiger partial charge >= 0.3 is 0 Å². The van der Waals surface area contributed by atoms with Crippen LogP contribution in [0.3, 0.4) is 0 Å². The number of hydrazine groups is 1. The zero-order valence-corrected chi connectivity index (χ0v) is 17.5. The molecule has 1 aromatic carbocycles. The first-order valence-electron chi connectivity index (χ1n) is 8.57. The largest absolute Gasteiger partial charge is 0.374 e. The van der Waals surface area contributed by atoms with Crippen LogP contribution in [0.5, 0.6) is 0 Å². The summed E-state index contributed by atoms with van der Waals surface area (Å²) in [6.45, 7) is 1.95. The molecule has 142 valence electrons. The standard InChI is InChI=1S/C20H30N4S2/c1-22-14-8-6-4-5-7-9-19-10-12-20(13-11-19)23(2)15-17-25-26-18-16-24(3)21/h4-14H,15-18,21H2,1-3H3/b5-4+,8-6-,9-7+,22-14+. The molecule has 0 heterocycles. The number of hydrogen-bond acceptors (Lipinski definition) is 6. The van der Waals surface area contributed by atoms with E-state index in [2.05, 4.69) is 47.3 Å². The van der Waals surface area contributed by atoms with Gasteiger partial charge in [0.15, 0.2) is 0 Å². The fraction of sp³-hybridized carbons (Fsp3) is 0.350. The third-order valence-corrected chi connectivity index (χ3v) is 5.79. The van der Waals surface area contributed by atoms with E-state index in [1.165, 1.54) is 11.3 Å². The molecule has 2 N–H and O–H groups in total. The number of anilines is 1. The van der Waals surface area contributed by atoms with Crippen LogP contribution in [0, 0.1) is 0 Å². The molecule has 6 heteroatoms. The Kier molecular flexibility index (Phi) is 12.7. The number of benzene rings is 1. The molecule has 0 saturated carbocycles.